The lowest BCUT2D eigenvalue weighted by Gasteiger charge is -2.05. The number of phenolic OH excluding ortho intramolecular Hbond substituents is 1. The van der Waals surface area contributed by atoms with Crippen molar-refractivity contribution in [1.82, 2.24) is 15.3 Å². The van der Waals surface area contributed by atoms with Crippen LogP contribution in [0.3, 0.4) is 0 Å². The lowest BCUT2D eigenvalue weighted by atomic mass is 10.2. The lowest BCUT2D eigenvalue weighted by molar-refractivity contribution is 0.475. The van der Waals surface area contributed by atoms with Crippen LogP contribution in [0.5, 0.6) is 5.75 Å². The first kappa shape index (κ1) is 10.5. The summed E-state index contributed by atoms with van der Waals surface area (Å²) in [7, 11) is 0. The van der Waals surface area contributed by atoms with E-state index in [1.807, 2.05) is 6.07 Å². The van der Waals surface area contributed by atoms with E-state index >= 15 is 0 Å². The number of hydrogen-bond acceptors (Lipinski definition) is 4. The molecule has 1 aromatic heterocycles. The van der Waals surface area contributed by atoms with Gasteiger partial charge in [0.05, 0.1) is 5.69 Å². The van der Waals surface area contributed by atoms with E-state index in [4.69, 9.17) is 11.6 Å². The summed E-state index contributed by atoms with van der Waals surface area (Å²) >= 11 is 6.11. The van der Waals surface area contributed by atoms with E-state index in [1.54, 1.807) is 18.2 Å². The summed E-state index contributed by atoms with van der Waals surface area (Å²) in [6.45, 7) is 1.43. The Morgan fingerprint density at radius 3 is 2.94 bits per heavy atom. The summed E-state index contributed by atoms with van der Waals surface area (Å²) in [4.78, 5) is 8.72. The highest BCUT2D eigenvalue weighted by atomic mass is 35.5. The largest absolute Gasteiger partial charge is 0.508 e. The maximum Gasteiger partial charge on any atom is 0.161 e. The van der Waals surface area contributed by atoms with Gasteiger partial charge in [-0.1, -0.05) is 23.7 Å². The fourth-order valence-corrected chi connectivity index (χ4v) is 2.16. The van der Waals surface area contributed by atoms with Crippen LogP contribution in [0.4, 0.5) is 0 Å². The highest BCUT2D eigenvalue weighted by Crippen LogP contribution is 2.26. The molecule has 0 fully saturated rings. The van der Waals surface area contributed by atoms with Gasteiger partial charge >= 0.3 is 0 Å². The van der Waals surface area contributed by atoms with Crippen LogP contribution in [-0.4, -0.2) is 15.1 Å². The molecule has 4 nitrogen and oxygen atoms in total. The third-order valence-electron chi connectivity index (χ3n) is 2.74. The zero-order valence-corrected chi connectivity index (χ0v) is 9.70. The molecule has 5 heteroatoms. The summed E-state index contributed by atoms with van der Waals surface area (Å²) in [6.07, 6.45) is 0. The van der Waals surface area contributed by atoms with Gasteiger partial charge in [-0.15, -0.1) is 0 Å². The Morgan fingerprint density at radius 2 is 2.12 bits per heavy atom. The second-order valence-electron chi connectivity index (χ2n) is 3.92. The normalized spacial score (nSPS) is 13.7. The SMILES string of the molecule is Oc1cccc(-c2nc(Cl)c3c(n2)CNC3)c1. The highest BCUT2D eigenvalue weighted by Gasteiger charge is 2.18. The Balaban J connectivity index is 2.13. The van der Waals surface area contributed by atoms with Gasteiger partial charge in [0.2, 0.25) is 0 Å². The number of aromatic hydroxyl groups is 1. The number of nitrogens with one attached hydrogen (secondary N) is 1. The molecule has 0 amide bonds. The number of hydrogen-bond donors (Lipinski definition) is 2. The van der Waals surface area contributed by atoms with Gasteiger partial charge in [-0.3, -0.25) is 0 Å². The number of aromatic nitrogens is 2. The second kappa shape index (κ2) is 3.98. The van der Waals surface area contributed by atoms with Crippen LogP contribution in [-0.2, 0) is 13.1 Å². The molecule has 0 unspecified atom stereocenters. The Morgan fingerprint density at radius 1 is 1.24 bits per heavy atom. The molecular weight excluding hydrogens is 238 g/mol. The maximum absolute atomic E-state index is 9.44. The van der Waals surface area contributed by atoms with Crippen LogP contribution in [0.25, 0.3) is 11.4 Å². The van der Waals surface area contributed by atoms with E-state index in [1.165, 1.54) is 0 Å². The summed E-state index contributed by atoms with van der Waals surface area (Å²) in [5.41, 5.74) is 2.67. The molecule has 0 aliphatic carbocycles. The van der Waals surface area contributed by atoms with Crippen molar-refractivity contribution in [3.05, 3.63) is 40.7 Å². The molecule has 0 bridgehead atoms. The Kier molecular flexibility index (Phi) is 2.46. The quantitative estimate of drug-likeness (QED) is 0.758. The Labute approximate surface area is 103 Å². The molecule has 2 aromatic rings. The van der Waals surface area contributed by atoms with Gasteiger partial charge in [0.1, 0.15) is 10.9 Å². The molecule has 1 aliphatic rings. The summed E-state index contributed by atoms with van der Waals surface area (Å²) in [5.74, 6) is 0.745. The third kappa shape index (κ3) is 1.85. The summed E-state index contributed by atoms with van der Waals surface area (Å²) < 4.78 is 0. The minimum absolute atomic E-state index is 0.195. The van der Waals surface area contributed by atoms with Gasteiger partial charge in [0, 0.05) is 24.2 Å². The number of nitrogens with zero attached hydrogens (tertiary/aromatic N) is 2. The first-order valence-corrected chi connectivity index (χ1v) is 5.67. The van der Waals surface area contributed by atoms with Gasteiger partial charge in [-0.2, -0.15) is 0 Å². The van der Waals surface area contributed by atoms with Crippen LogP contribution in [0, 0.1) is 0 Å². The molecule has 1 aromatic carbocycles. The van der Waals surface area contributed by atoms with Crippen LogP contribution in [0.2, 0.25) is 5.15 Å². The van der Waals surface area contributed by atoms with Gasteiger partial charge in [-0.05, 0) is 12.1 Å². The predicted octanol–water partition coefficient (Wildman–Crippen LogP) is 2.11. The predicted molar refractivity (Wildman–Crippen MR) is 64.7 cm³/mol. The molecule has 0 saturated heterocycles. The van der Waals surface area contributed by atoms with Crippen molar-refractivity contribution in [3.63, 3.8) is 0 Å². The van der Waals surface area contributed by atoms with Gasteiger partial charge in [0.25, 0.3) is 0 Å². The zero-order valence-electron chi connectivity index (χ0n) is 8.94. The first-order chi connectivity index (χ1) is 8.24. The van der Waals surface area contributed by atoms with Crippen molar-refractivity contribution in [3.8, 4) is 17.1 Å². The fraction of sp³-hybridized carbons (Fsp3) is 0.167. The smallest absolute Gasteiger partial charge is 0.161 e. The average molecular weight is 248 g/mol. The minimum Gasteiger partial charge on any atom is -0.508 e. The Bertz CT molecular complexity index is 586. The van der Waals surface area contributed by atoms with Crippen molar-refractivity contribution < 1.29 is 5.11 Å². The van der Waals surface area contributed by atoms with Crippen LogP contribution < -0.4 is 5.32 Å². The molecule has 86 valence electrons. The monoisotopic (exact) mass is 247 g/mol. The van der Waals surface area contributed by atoms with Gasteiger partial charge in [0.15, 0.2) is 5.82 Å². The van der Waals surface area contributed by atoms with Gasteiger partial charge in [-0.25, -0.2) is 9.97 Å². The molecule has 1 aliphatic heterocycles. The topological polar surface area (TPSA) is 58.0 Å². The number of halogens is 1. The second-order valence-corrected chi connectivity index (χ2v) is 4.28. The van der Waals surface area contributed by atoms with Crippen LogP contribution in [0.1, 0.15) is 11.3 Å². The molecule has 0 radical (unpaired) electrons. The summed E-state index contributed by atoms with van der Waals surface area (Å²) in [5, 5.41) is 13.1. The number of phenols is 1. The van der Waals surface area contributed by atoms with Gasteiger partial charge < -0.3 is 10.4 Å². The molecule has 2 N–H and O–H groups in total. The molecule has 3 rings (SSSR count). The van der Waals surface area contributed by atoms with E-state index in [0.29, 0.717) is 24.1 Å². The van der Waals surface area contributed by atoms with E-state index in [9.17, 15) is 5.11 Å². The highest BCUT2D eigenvalue weighted by molar-refractivity contribution is 6.30. The van der Waals surface area contributed by atoms with Crippen molar-refractivity contribution >= 4 is 11.6 Å². The van der Waals surface area contributed by atoms with E-state index in [2.05, 4.69) is 15.3 Å². The Hall–Kier alpha value is -1.65. The van der Waals surface area contributed by atoms with Crippen molar-refractivity contribution in [2.75, 3.05) is 0 Å². The van der Waals surface area contributed by atoms with Crippen molar-refractivity contribution in [2.45, 2.75) is 13.1 Å². The number of rotatable bonds is 1. The molecule has 2 heterocycles. The average Bonchev–Trinajstić information content (AvgIpc) is 2.77. The standard InChI is InChI=1S/C12H10ClN3O/c13-11-9-5-14-6-10(9)15-12(16-11)7-2-1-3-8(17)4-7/h1-4,14,17H,5-6H2. The number of fused-ring (bicyclic) bond motifs is 1. The zero-order chi connectivity index (χ0) is 11.8. The van der Waals surface area contributed by atoms with Crippen LogP contribution in [0.15, 0.2) is 24.3 Å². The molecular formula is C12H10ClN3O. The third-order valence-corrected chi connectivity index (χ3v) is 3.05. The molecule has 17 heavy (non-hydrogen) atoms. The lowest BCUT2D eigenvalue weighted by Crippen LogP contribution is -2.00. The fourth-order valence-electron chi connectivity index (χ4n) is 1.90. The van der Waals surface area contributed by atoms with E-state index < -0.39 is 0 Å². The van der Waals surface area contributed by atoms with Crippen molar-refractivity contribution in [1.29, 1.82) is 0 Å². The first-order valence-electron chi connectivity index (χ1n) is 5.29. The molecule has 0 atom stereocenters. The van der Waals surface area contributed by atoms with Crippen molar-refractivity contribution in [2.24, 2.45) is 0 Å². The van der Waals surface area contributed by atoms with E-state index in [-0.39, 0.29) is 5.75 Å². The maximum atomic E-state index is 9.44. The molecule has 0 saturated carbocycles. The molecule has 0 spiro atoms. The minimum atomic E-state index is 0.195. The number of benzene rings is 1. The van der Waals surface area contributed by atoms with E-state index in [0.717, 1.165) is 16.8 Å². The van der Waals surface area contributed by atoms with Crippen LogP contribution >= 0.6 is 11.6 Å². The summed E-state index contributed by atoms with van der Waals surface area (Å²) in [6, 6.07) is 6.84.